The number of benzene rings is 1. The Morgan fingerprint density at radius 1 is 1.35 bits per heavy atom. The van der Waals surface area contributed by atoms with Gasteiger partial charge in [0.2, 0.25) is 0 Å². The number of esters is 1. The number of hydrogen-bond donors (Lipinski definition) is 1. The van der Waals surface area contributed by atoms with Gasteiger partial charge in [-0.15, -0.1) is 0 Å². The fourth-order valence-corrected chi connectivity index (χ4v) is 1.92. The van der Waals surface area contributed by atoms with Crippen molar-refractivity contribution in [2.24, 2.45) is 0 Å². The highest BCUT2D eigenvalue weighted by molar-refractivity contribution is 9.10. The number of carbonyl (C=O) groups excluding carboxylic acids is 2. The molecule has 1 aromatic heterocycles. The molecule has 1 aromatic carbocycles. The third-order valence-electron chi connectivity index (χ3n) is 2.82. The molecule has 0 radical (unpaired) electrons. The molecule has 1 N–H and O–H groups in total. The van der Waals surface area contributed by atoms with E-state index in [1.807, 2.05) is 24.3 Å². The Morgan fingerprint density at radius 2 is 2.04 bits per heavy atom. The molecule has 0 aliphatic carbocycles. The zero-order valence-corrected chi connectivity index (χ0v) is 14.2. The first-order valence-corrected chi connectivity index (χ1v) is 7.62. The summed E-state index contributed by atoms with van der Waals surface area (Å²) >= 11 is 3.33. The van der Waals surface area contributed by atoms with Gasteiger partial charge in [-0.05, 0) is 37.6 Å². The molecular formula is C16H15BrN2O4. The second-order valence-corrected chi connectivity index (χ2v) is 5.69. The van der Waals surface area contributed by atoms with Crippen molar-refractivity contribution < 1.29 is 18.8 Å². The molecule has 1 atom stereocenters. The predicted molar refractivity (Wildman–Crippen MR) is 88.6 cm³/mol. The van der Waals surface area contributed by atoms with Gasteiger partial charge in [-0.2, -0.15) is 0 Å². The molecule has 0 unspecified atom stereocenters. The molecule has 23 heavy (non-hydrogen) atoms. The van der Waals surface area contributed by atoms with Gasteiger partial charge in [0.25, 0.3) is 5.91 Å². The van der Waals surface area contributed by atoms with Gasteiger partial charge in [-0.25, -0.2) is 4.79 Å². The minimum absolute atomic E-state index is 0.279. The first kappa shape index (κ1) is 17.0. The molecule has 0 aliphatic rings. The number of hydrogen-bond acceptors (Lipinski definition) is 5. The van der Waals surface area contributed by atoms with Crippen LogP contribution in [0.2, 0.25) is 0 Å². The number of halogens is 1. The van der Waals surface area contributed by atoms with Crippen molar-refractivity contribution in [1.82, 2.24) is 5.16 Å². The monoisotopic (exact) mass is 378 g/mol. The largest absolute Gasteiger partial charge is 0.449 e. The lowest BCUT2D eigenvalue weighted by Gasteiger charge is -2.10. The highest BCUT2D eigenvalue weighted by Crippen LogP contribution is 2.12. The number of nitrogens with one attached hydrogen (secondary N) is 1. The molecule has 0 bridgehead atoms. The highest BCUT2D eigenvalue weighted by atomic mass is 79.9. The third-order valence-corrected chi connectivity index (χ3v) is 3.35. The zero-order chi connectivity index (χ0) is 16.8. The molecule has 2 rings (SSSR count). The summed E-state index contributed by atoms with van der Waals surface area (Å²) in [7, 11) is 0. The van der Waals surface area contributed by atoms with E-state index in [2.05, 4.69) is 26.4 Å². The Hall–Kier alpha value is -2.41. The van der Waals surface area contributed by atoms with Gasteiger partial charge >= 0.3 is 5.97 Å². The lowest BCUT2D eigenvalue weighted by atomic mass is 10.2. The molecule has 0 aliphatic heterocycles. The van der Waals surface area contributed by atoms with Crippen LogP contribution in [0, 0.1) is 6.92 Å². The fraction of sp³-hybridized carbons (Fsp3) is 0.188. The number of rotatable bonds is 5. The predicted octanol–water partition coefficient (Wildman–Crippen LogP) is 3.33. The van der Waals surface area contributed by atoms with Gasteiger partial charge in [0.05, 0.1) is 0 Å². The van der Waals surface area contributed by atoms with E-state index >= 15 is 0 Å². The van der Waals surface area contributed by atoms with Crippen LogP contribution in [-0.4, -0.2) is 23.1 Å². The Morgan fingerprint density at radius 3 is 2.65 bits per heavy atom. The molecule has 1 heterocycles. The van der Waals surface area contributed by atoms with Crippen molar-refractivity contribution >= 4 is 39.7 Å². The van der Waals surface area contributed by atoms with E-state index in [0.717, 1.165) is 10.0 Å². The lowest BCUT2D eigenvalue weighted by molar-refractivity contribution is -0.148. The number of aromatic nitrogens is 1. The summed E-state index contributed by atoms with van der Waals surface area (Å²) in [5.74, 6) is -0.237. The van der Waals surface area contributed by atoms with E-state index in [1.54, 1.807) is 19.1 Å². The molecule has 1 amide bonds. The zero-order valence-electron chi connectivity index (χ0n) is 12.6. The Labute approximate surface area is 141 Å². The number of amides is 1. The van der Waals surface area contributed by atoms with Crippen LogP contribution in [0.15, 0.2) is 45.4 Å². The quantitative estimate of drug-likeness (QED) is 0.637. The minimum Gasteiger partial charge on any atom is -0.449 e. The summed E-state index contributed by atoms with van der Waals surface area (Å²) in [4.78, 5) is 23.6. The van der Waals surface area contributed by atoms with Crippen LogP contribution in [0.5, 0.6) is 0 Å². The van der Waals surface area contributed by atoms with E-state index in [-0.39, 0.29) is 5.82 Å². The Kier molecular flexibility index (Phi) is 5.70. The standard InChI is InChI=1S/C16H15BrN2O4/c1-10-9-14(19-23-10)18-16(21)11(2)22-15(20)8-5-12-3-6-13(17)7-4-12/h3-9,11H,1-2H3,(H,18,19,21)/b8-5+/t11-/m0/s1. The Bertz CT molecular complexity index is 722. The number of ether oxygens (including phenoxy) is 1. The number of nitrogens with zero attached hydrogens (tertiary/aromatic N) is 1. The van der Waals surface area contributed by atoms with Crippen molar-refractivity contribution in [3.05, 3.63) is 52.2 Å². The van der Waals surface area contributed by atoms with Gasteiger partial charge in [0.1, 0.15) is 5.76 Å². The second-order valence-electron chi connectivity index (χ2n) is 4.78. The van der Waals surface area contributed by atoms with Crippen molar-refractivity contribution in [2.45, 2.75) is 20.0 Å². The molecular weight excluding hydrogens is 364 g/mol. The summed E-state index contributed by atoms with van der Waals surface area (Å²) in [5, 5.41) is 6.13. The van der Waals surface area contributed by atoms with Crippen LogP contribution in [-0.2, 0) is 14.3 Å². The molecule has 120 valence electrons. The average molecular weight is 379 g/mol. The van der Waals surface area contributed by atoms with Crippen molar-refractivity contribution in [2.75, 3.05) is 5.32 Å². The summed E-state index contributed by atoms with van der Waals surface area (Å²) in [5.41, 5.74) is 0.848. The van der Waals surface area contributed by atoms with E-state index in [1.165, 1.54) is 13.0 Å². The number of carbonyl (C=O) groups is 2. The number of aryl methyl sites for hydroxylation is 1. The summed E-state index contributed by atoms with van der Waals surface area (Å²) in [6.07, 6.45) is 1.93. The molecule has 0 saturated heterocycles. The molecule has 2 aromatic rings. The van der Waals surface area contributed by atoms with Crippen LogP contribution >= 0.6 is 15.9 Å². The van der Waals surface area contributed by atoms with Crippen LogP contribution in [0.25, 0.3) is 6.08 Å². The van der Waals surface area contributed by atoms with Gasteiger partial charge in [-0.3, -0.25) is 4.79 Å². The first-order valence-electron chi connectivity index (χ1n) is 6.82. The van der Waals surface area contributed by atoms with E-state index in [9.17, 15) is 9.59 Å². The fourth-order valence-electron chi connectivity index (χ4n) is 1.66. The molecule has 0 saturated carbocycles. The van der Waals surface area contributed by atoms with Gasteiger partial charge < -0.3 is 14.6 Å². The van der Waals surface area contributed by atoms with Gasteiger partial charge in [0, 0.05) is 16.6 Å². The molecule has 7 heteroatoms. The van der Waals surface area contributed by atoms with Crippen molar-refractivity contribution in [3.63, 3.8) is 0 Å². The summed E-state index contributed by atoms with van der Waals surface area (Å²) in [6, 6.07) is 8.98. The number of anilines is 1. The molecule has 6 nitrogen and oxygen atoms in total. The highest BCUT2D eigenvalue weighted by Gasteiger charge is 2.17. The van der Waals surface area contributed by atoms with Crippen molar-refractivity contribution in [3.8, 4) is 0 Å². The van der Waals surface area contributed by atoms with E-state index in [4.69, 9.17) is 9.26 Å². The maximum atomic E-state index is 11.9. The second kappa shape index (κ2) is 7.73. The lowest BCUT2D eigenvalue weighted by Crippen LogP contribution is -2.29. The van der Waals surface area contributed by atoms with Gasteiger partial charge in [-0.1, -0.05) is 33.2 Å². The van der Waals surface area contributed by atoms with Gasteiger partial charge in [0.15, 0.2) is 11.9 Å². The SMILES string of the molecule is Cc1cc(NC(=O)[C@H](C)OC(=O)/C=C/c2ccc(Br)cc2)no1. The van der Waals surface area contributed by atoms with E-state index in [0.29, 0.717) is 5.76 Å². The smallest absolute Gasteiger partial charge is 0.331 e. The maximum absolute atomic E-state index is 11.9. The van der Waals surface area contributed by atoms with Crippen LogP contribution in [0.1, 0.15) is 18.2 Å². The summed E-state index contributed by atoms with van der Waals surface area (Å²) < 4.78 is 10.8. The van der Waals surface area contributed by atoms with Crippen molar-refractivity contribution in [1.29, 1.82) is 0 Å². The van der Waals surface area contributed by atoms with Crippen LogP contribution in [0.4, 0.5) is 5.82 Å². The van der Waals surface area contributed by atoms with E-state index < -0.39 is 18.0 Å². The van der Waals surface area contributed by atoms with Crippen LogP contribution < -0.4 is 5.32 Å². The molecule has 0 spiro atoms. The average Bonchev–Trinajstić information content (AvgIpc) is 2.91. The normalized spacial score (nSPS) is 12.1. The molecule has 0 fully saturated rings. The maximum Gasteiger partial charge on any atom is 0.331 e. The summed E-state index contributed by atoms with van der Waals surface area (Å²) in [6.45, 7) is 3.19. The van der Waals surface area contributed by atoms with Crippen LogP contribution in [0.3, 0.4) is 0 Å². The minimum atomic E-state index is -0.950. The third kappa shape index (κ3) is 5.37. The topological polar surface area (TPSA) is 81.4 Å². The first-order chi connectivity index (χ1) is 10.9. The Balaban J connectivity index is 1.86.